The molecule has 0 saturated heterocycles. The van der Waals surface area contributed by atoms with Crippen LogP contribution in [0.1, 0.15) is 43.0 Å². The highest BCUT2D eigenvalue weighted by Crippen LogP contribution is 2.36. The van der Waals surface area contributed by atoms with Gasteiger partial charge in [-0.3, -0.25) is 14.6 Å². The summed E-state index contributed by atoms with van der Waals surface area (Å²) in [6, 6.07) is 41.0. The number of hydrogen-bond acceptors (Lipinski definition) is 6. The van der Waals surface area contributed by atoms with Crippen molar-refractivity contribution < 1.29 is 23.8 Å². The van der Waals surface area contributed by atoms with Gasteiger partial charge in [0.2, 0.25) is 0 Å². The maximum atomic E-state index is 14.6. The fraction of sp³-hybridized carbons (Fsp3) is 0.140. The molecule has 0 radical (unpaired) electrons. The standard InChI is InChI=1S/C43H38ClN3O5/c1-46(27-31-15-21-37(50-2)22-16-31)42(48)35-17-19-36(20-18-35)47(28-34-14-9-23-45-26-34)43(49)38-24-39(44)41(52-30-33-12-7-4-8-13-33)25-40(38)51-29-32-10-5-3-6-11-32/h3-26H,27-30H2,1-2H3. The highest BCUT2D eigenvalue weighted by molar-refractivity contribution is 6.32. The highest BCUT2D eigenvalue weighted by Gasteiger charge is 2.25. The molecule has 0 aliphatic heterocycles. The van der Waals surface area contributed by atoms with Gasteiger partial charge in [0.1, 0.15) is 30.5 Å². The number of rotatable bonds is 14. The Morgan fingerprint density at radius 3 is 1.87 bits per heavy atom. The quantitative estimate of drug-likeness (QED) is 0.112. The Morgan fingerprint density at radius 1 is 0.654 bits per heavy atom. The van der Waals surface area contributed by atoms with Crippen LogP contribution in [0.15, 0.2) is 146 Å². The minimum Gasteiger partial charge on any atom is -0.497 e. The number of hydrogen-bond donors (Lipinski definition) is 0. The van der Waals surface area contributed by atoms with Gasteiger partial charge in [0.25, 0.3) is 11.8 Å². The van der Waals surface area contributed by atoms with Crippen LogP contribution in [0, 0.1) is 0 Å². The Kier molecular flexibility index (Phi) is 11.8. The molecule has 0 N–H and O–H groups in total. The average Bonchev–Trinajstić information content (AvgIpc) is 3.20. The summed E-state index contributed by atoms with van der Waals surface area (Å²) in [5.74, 6) is 0.972. The number of aromatic nitrogens is 1. The van der Waals surface area contributed by atoms with E-state index in [0.717, 1.165) is 28.0 Å². The zero-order valence-electron chi connectivity index (χ0n) is 28.9. The molecule has 5 aromatic carbocycles. The molecule has 0 aliphatic rings. The van der Waals surface area contributed by atoms with Crippen molar-refractivity contribution in [3.63, 3.8) is 0 Å². The van der Waals surface area contributed by atoms with Crippen LogP contribution in [0.3, 0.4) is 0 Å². The SMILES string of the molecule is COc1ccc(CN(C)C(=O)c2ccc(N(Cc3cccnc3)C(=O)c3cc(Cl)c(OCc4ccccc4)cc3OCc3ccccc3)cc2)cc1. The summed E-state index contributed by atoms with van der Waals surface area (Å²) in [4.78, 5) is 35.6. The van der Waals surface area contributed by atoms with Gasteiger partial charge in [0.15, 0.2) is 0 Å². The van der Waals surface area contributed by atoms with Crippen LogP contribution in [-0.4, -0.2) is 35.9 Å². The molecule has 0 saturated carbocycles. The molecule has 0 unspecified atom stereocenters. The Labute approximate surface area is 308 Å². The van der Waals surface area contributed by atoms with Crippen molar-refractivity contribution in [2.24, 2.45) is 0 Å². The molecule has 262 valence electrons. The van der Waals surface area contributed by atoms with E-state index in [9.17, 15) is 9.59 Å². The maximum Gasteiger partial charge on any atom is 0.262 e. The smallest absolute Gasteiger partial charge is 0.262 e. The monoisotopic (exact) mass is 711 g/mol. The van der Waals surface area contributed by atoms with E-state index < -0.39 is 0 Å². The van der Waals surface area contributed by atoms with Gasteiger partial charge < -0.3 is 24.0 Å². The molecule has 52 heavy (non-hydrogen) atoms. The number of ether oxygens (including phenoxy) is 3. The molecule has 9 heteroatoms. The van der Waals surface area contributed by atoms with Gasteiger partial charge in [-0.2, -0.15) is 0 Å². The van der Waals surface area contributed by atoms with Crippen LogP contribution in [0.25, 0.3) is 0 Å². The largest absolute Gasteiger partial charge is 0.497 e. The van der Waals surface area contributed by atoms with Crippen molar-refractivity contribution in [1.82, 2.24) is 9.88 Å². The van der Waals surface area contributed by atoms with Crippen LogP contribution in [0.5, 0.6) is 17.2 Å². The second kappa shape index (κ2) is 17.2. The summed E-state index contributed by atoms with van der Waals surface area (Å²) >= 11 is 6.79. The van der Waals surface area contributed by atoms with Gasteiger partial charge in [-0.15, -0.1) is 0 Å². The number of methoxy groups -OCH3 is 1. The van der Waals surface area contributed by atoms with Crippen LogP contribution in [-0.2, 0) is 26.3 Å². The lowest BCUT2D eigenvalue weighted by Crippen LogP contribution is -2.31. The second-order valence-corrected chi connectivity index (χ2v) is 12.5. The molecule has 0 atom stereocenters. The molecule has 0 fully saturated rings. The van der Waals surface area contributed by atoms with Crippen molar-refractivity contribution in [2.75, 3.05) is 19.1 Å². The van der Waals surface area contributed by atoms with Crippen molar-refractivity contribution in [3.8, 4) is 17.2 Å². The number of amides is 2. The fourth-order valence-corrected chi connectivity index (χ4v) is 5.80. The Hall–Kier alpha value is -6.12. The first kappa shape index (κ1) is 35.7. The molecule has 0 spiro atoms. The van der Waals surface area contributed by atoms with Gasteiger partial charge in [0.05, 0.1) is 24.2 Å². The third-order valence-electron chi connectivity index (χ3n) is 8.40. The summed E-state index contributed by atoms with van der Waals surface area (Å²) in [6.07, 6.45) is 3.40. The van der Waals surface area contributed by atoms with Crippen LogP contribution >= 0.6 is 11.6 Å². The van der Waals surface area contributed by atoms with Gasteiger partial charge in [-0.1, -0.05) is 90.5 Å². The molecule has 0 aliphatic carbocycles. The predicted octanol–water partition coefficient (Wildman–Crippen LogP) is 9.02. The number of carbonyl (C=O) groups is 2. The van der Waals surface area contributed by atoms with Crippen molar-refractivity contribution >= 4 is 29.1 Å². The van der Waals surface area contributed by atoms with Crippen molar-refractivity contribution in [2.45, 2.75) is 26.3 Å². The first-order valence-electron chi connectivity index (χ1n) is 16.7. The van der Waals surface area contributed by atoms with Crippen LogP contribution in [0.4, 0.5) is 5.69 Å². The minimum atomic E-state index is -0.348. The van der Waals surface area contributed by atoms with E-state index in [-0.39, 0.29) is 35.6 Å². The summed E-state index contributed by atoms with van der Waals surface area (Å²) in [5, 5.41) is 0.272. The lowest BCUT2D eigenvalue weighted by atomic mass is 10.1. The molecule has 8 nitrogen and oxygen atoms in total. The van der Waals surface area contributed by atoms with E-state index in [1.54, 1.807) is 72.7 Å². The second-order valence-electron chi connectivity index (χ2n) is 12.1. The fourth-order valence-electron chi connectivity index (χ4n) is 5.58. The Morgan fingerprint density at radius 2 is 1.27 bits per heavy atom. The zero-order chi connectivity index (χ0) is 36.3. The normalized spacial score (nSPS) is 10.7. The number of carbonyl (C=O) groups excluding carboxylic acids is 2. The minimum absolute atomic E-state index is 0.151. The van der Waals surface area contributed by atoms with Crippen molar-refractivity contribution in [1.29, 1.82) is 0 Å². The molecule has 0 bridgehead atoms. The predicted molar refractivity (Wildman–Crippen MR) is 203 cm³/mol. The van der Waals surface area contributed by atoms with Crippen LogP contribution in [0.2, 0.25) is 5.02 Å². The lowest BCUT2D eigenvalue weighted by Gasteiger charge is -2.25. The number of benzene rings is 5. The maximum absolute atomic E-state index is 14.6. The summed E-state index contributed by atoms with van der Waals surface area (Å²) in [7, 11) is 3.37. The van der Waals surface area contributed by atoms with Gasteiger partial charge in [-0.25, -0.2) is 0 Å². The van der Waals surface area contributed by atoms with E-state index in [1.165, 1.54) is 0 Å². The number of nitrogens with zero attached hydrogens (tertiary/aromatic N) is 3. The molecule has 2 amide bonds. The summed E-state index contributed by atoms with van der Waals surface area (Å²) < 4.78 is 17.7. The van der Waals surface area contributed by atoms with E-state index in [1.807, 2.05) is 97.1 Å². The van der Waals surface area contributed by atoms with Gasteiger partial charge in [0, 0.05) is 43.3 Å². The molecule has 6 rings (SSSR count). The molecule has 6 aromatic rings. The van der Waals surface area contributed by atoms with Gasteiger partial charge >= 0.3 is 0 Å². The van der Waals surface area contributed by atoms with Crippen LogP contribution < -0.4 is 19.1 Å². The van der Waals surface area contributed by atoms with Crippen molar-refractivity contribution in [3.05, 3.63) is 184 Å². The third kappa shape index (κ3) is 9.15. The highest BCUT2D eigenvalue weighted by atomic mass is 35.5. The van der Waals surface area contributed by atoms with E-state index >= 15 is 0 Å². The molecule has 1 aromatic heterocycles. The van der Waals surface area contributed by atoms with E-state index in [0.29, 0.717) is 35.9 Å². The summed E-state index contributed by atoms with van der Waals surface area (Å²) in [6.45, 7) is 1.15. The molecule has 1 heterocycles. The topological polar surface area (TPSA) is 81.2 Å². The zero-order valence-corrected chi connectivity index (χ0v) is 29.7. The molecular formula is C43H38ClN3O5. The summed E-state index contributed by atoms with van der Waals surface area (Å²) in [5.41, 5.74) is 5.03. The number of halogens is 1. The number of pyridine rings is 1. The van der Waals surface area contributed by atoms with E-state index in [2.05, 4.69) is 4.98 Å². The first-order chi connectivity index (χ1) is 25.4. The van der Waals surface area contributed by atoms with Gasteiger partial charge in [-0.05, 0) is 70.8 Å². The number of anilines is 1. The van der Waals surface area contributed by atoms with E-state index in [4.69, 9.17) is 25.8 Å². The third-order valence-corrected chi connectivity index (χ3v) is 8.69. The first-order valence-corrected chi connectivity index (χ1v) is 17.1. The average molecular weight is 712 g/mol. The molecular weight excluding hydrogens is 674 g/mol. The lowest BCUT2D eigenvalue weighted by molar-refractivity contribution is 0.0785. The Balaban J connectivity index is 1.29. The Bertz CT molecular complexity index is 2080.